The van der Waals surface area contributed by atoms with Gasteiger partial charge in [-0.2, -0.15) is 0 Å². The summed E-state index contributed by atoms with van der Waals surface area (Å²) in [6.45, 7) is 11.7. The van der Waals surface area contributed by atoms with Gasteiger partial charge in [-0.3, -0.25) is 9.69 Å². The van der Waals surface area contributed by atoms with Crippen molar-refractivity contribution in [2.24, 2.45) is 5.92 Å². The number of piperidine rings is 1. The van der Waals surface area contributed by atoms with Crippen molar-refractivity contribution in [3.05, 3.63) is 35.4 Å². The Morgan fingerprint density at radius 1 is 1.07 bits per heavy atom. The van der Waals surface area contributed by atoms with Gasteiger partial charge in [0.05, 0.1) is 0 Å². The molecular weight excluding hydrogens is 336 g/mol. The molecule has 2 fully saturated rings. The second-order valence-corrected chi connectivity index (χ2v) is 8.33. The predicted octanol–water partition coefficient (Wildman–Crippen LogP) is 1.96. The first-order chi connectivity index (χ1) is 13.1. The summed E-state index contributed by atoms with van der Waals surface area (Å²) < 4.78 is 0. The summed E-state index contributed by atoms with van der Waals surface area (Å²) in [5.74, 6) is 0.464. The van der Waals surface area contributed by atoms with Crippen LogP contribution in [-0.4, -0.2) is 80.0 Å². The number of nitrogens with one attached hydrogen (secondary N) is 1. The Kier molecular flexibility index (Phi) is 7.68. The molecule has 0 unspecified atom stereocenters. The molecule has 0 bridgehead atoms. The molecule has 0 radical (unpaired) electrons. The number of aryl methyl sites for hydroxylation is 1. The molecule has 0 atom stereocenters. The van der Waals surface area contributed by atoms with Gasteiger partial charge in [0, 0.05) is 45.2 Å². The highest BCUT2D eigenvalue weighted by molar-refractivity contribution is 5.78. The highest BCUT2D eigenvalue weighted by Gasteiger charge is 2.24. The summed E-state index contributed by atoms with van der Waals surface area (Å²) in [6, 6.07) is 8.74. The third kappa shape index (κ3) is 6.59. The minimum Gasteiger partial charge on any atom is -0.356 e. The van der Waals surface area contributed by atoms with Crippen molar-refractivity contribution < 1.29 is 4.79 Å². The zero-order chi connectivity index (χ0) is 19.1. The van der Waals surface area contributed by atoms with E-state index in [0.717, 1.165) is 78.2 Å². The quantitative estimate of drug-likeness (QED) is 0.743. The Labute approximate surface area is 164 Å². The van der Waals surface area contributed by atoms with Crippen molar-refractivity contribution in [3.8, 4) is 0 Å². The van der Waals surface area contributed by atoms with Crippen LogP contribution in [0.25, 0.3) is 0 Å². The van der Waals surface area contributed by atoms with E-state index >= 15 is 0 Å². The first-order valence-electron chi connectivity index (χ1n) is 10.6. The summed E-state index contributed by atoms with van der Waals surface area (Å²) in [4.78, 5) is 19.8. The van der Waals surface area contributed by atoms with E-state index in [1.165, 1.54) is 11.1 Å². The number of carbonyl (C=O) groups excluding carboxylic acids is 1. The first-order valence-corrected chi connectivity index (χ1v) is 10.6. The smallest absolute Gasteiger partial charge is 0.223 e. The Hall–Kier alpha value is -1.43. The average Bonchev–Trinajstić information content (AvgIpc) is 2.67. The molecule has 0 spiro atoms. The zero-order valence-corrected chi connectivity index (χ0v) is 17.1. The fraction of sp³-hybridized carbons (Fsp3) is 0.682. The first kappa shape index (κ1) is 20.3. The Morgan fingerprint density at radius 3 is 2.52 bits per heavy atom. The van der Waals surface area contributed by atoms with Gasteiger partial charge in [0.25, 0.3) is 0 Å². The van der Waals surface area contributed by atoms with Crippen molar-refractivity contribution >= 4 is 5.91 Å². The molecule has 2 heterocycles. The molecule has 27 heavy (non-hydrogen) atoms. The third-order valence-corrected chi connectivity index (χ3v) is 5.99. The van der Waals surface area contributed by atoms with Gasteiger partial charge in [-0.1, -0.05) is 29.8 Å². The van der Waals surface area contributed by atoms with E-state index in [9.17, 15) is 4.79 Å². The second-order valence-electron chi connectivity index (χ2n) is 8.33. The molecule has 1 amide bonds. The normalized spacial score (nSPS) is 20.7. The molecule has 2 aliphatic rings. The summed E-state index contributed by atoms with van der Waals surface area (Å²) in [6.07, 6.45) is 3.02. The molecule has 2 aliphatic heterocycles. The van der Waals surface area contributed by atoms with Crippen LogP contribution in [0.1, 0.15) is 30.4 Å². The predicted molar refractivity (Wildman–Crippen MR) is 111 cm³/mol. The molecule has 5 heteroatoms. The van der Waals surface area contributed by atoms with E-state index in [1.807, 2.05) is 0 Å². The number of nitrogens with zero attached hydrogens (tertiary/aromatic N) is 3. The maximum absolute atomic E-state index is 12.5. The van der Waals surface area contributed by atoms with Crippen LogP contribution in [0.5, 0.6) is 0 Å². The lowest BCUT2D eigenvalue weighted by Gasteiger charge is -2.32. The van der Waals surface area contributed by atoms with Gasteiger partial charge in [0.1, 0.15) is 0 Å². The molecule has 150 valence electrons. The molecule has 1 aromatic rings. The van der Waals surface area contributed by atoms with Crippen LogP contribution in [0.15, 0.2) is 24.3 Å². The van der Waals surface area contributed by atoms with Crippen molar-refractivity contribution in [1.82, 2.24) is 20.0 Å². The van der Waals surface area contributed by atoms with Crippen molar-refractivity contribution in [1.29, 1.82) is 0 Å². The van der Waals surface area contributed by atoms with E-state index in [4.69, 9.17) is 0 Å². The lowest BCUT2D eigenvalue weighted by atomic mass is 9.95. The lowest BCUT2D eigenvalue weighted by Crippen LogP contribution is -2.45. The number of amides is 1. The molecular formula is C22H36N4O. The van der Waals surface area contributed by atoms with Crippen LogP contribution in [0.3, 0.4) is 0 Å². The molecule has 0 aliphatic carbocycles. The number of rotatable bonds is 7. The van der Waals surface area contributed by atoms with Gasteiger partial charge in [0.2, 0.25) is 5.91 Å². The van der Waals surface area contributed by atoms with Crippen LogP contribution in [-0.2, 0) is 11.3 Å². The summed E-state index contributed by atoms with van der Waals surface area (Å²) in [5.41, 5.74) is 2.69. The monoisotopic (exact) mass is 372 g/mol. The number of likely N-dealkylation sites (N-methyl/N-ethyl adjacent to an activating group) is 1. The molecule has 5 nitrogen and oxygen atoms in total. The van der Waals surface area contributed by atoms with E-state index in [2.05, 4.69) is 58.3 Å². The molecule has 2 saturated heterocycles. The molecule has 3 rings (SSSR count). The van der Waals surface area contributed by atoms with E-state index in [-0.39, 0.29) is 11.8 Å². The minimum absolute atomic E-state index is 0.197. The Bertz CT molecular complexity index is 590. The number of hydrogen-bond donors (Lipinski definition) is 1. The zero-order valence-electron chi connectivity index (χ0n) is 17.1. The van der Waals surface area contributed by atoms with E-state index in [0.29, 0.717) is 0 Å². The fourth-order valence-corrected chi connectivity index (χ4v) is 4.15. The molecule has 0 aromatic heterocycles. The summed E-state index contributed by atoms with van der Waals surface area (Å²) in [7, 11) is 2.18. The van der Waals surface area contributed by atoms with Crippen LogP contribution < -0.4 is 5.32 Å². The number of benzene rings is 1. The van der Waals surface area contributed by atoms with Crippen molar-refractivity contribution in [2.45, 2.75) is 32.7 Å². The summed E-state index contributed by atoms with van der Waals surface area (Å²) >= 11 is 0. The summed E-state index contributed by atoms with van der Waals surface area (Å²) in [5, 5.41) is 3.18. The highest BCUT2D eigenvalue weighted by atomic mass is 16.1. The van der Waals surface area contributed by atoms with E-state index in [1.54, 1.807) is 0 Å². The lowest BCUT2D eigenvalue weighted by molar-refractivity contribution is -0.126. The van der Waals surface area contributed by atoms with Crippen molar-refractivity contribution in [3.63, 3.8) is 0 Å². The molecule has 1 N–H and O–H groups in total. The average molecular weight is 373 g/mol. The number of carbonyl (C=O) groups is 1. The van der Waals surface area contributed by atoms with Gasteiger partial charge in [0.15, 0.2) is 0 Å². The SMILES string of the molecule is Cc1cccc(CN2CCC(C(=O)NCCCN3CCN(C)CC3)CC2)c1. The van der Waals surface area contributed by atoms with Crippen LogP contribution in [0.4, 0.5) is 0 Å². The van der Waals surface area contributed by atoms with Gasteiger partial charge in [-0.05, 0) is 58.4 Å². The number of likely N-dealkylation sites (tertiary alicyclic amines) is 1. The molecule has 0 saturated carbocycles. The largest absolute Gasteiger partial charge is 0.356 e. The minimum atomic E-state index is 0.197. The topological polar surface area (TPSA) is 38.8 Å². The third-order valence-electron chi connectivity index (χ3n) is 5.99. The van der Waals surface area contributed by atoms with Crippen LogP contribution in [0.2, 0.25) is 0 Å². The van der Waals surface area contributed by atoms with E-state index < -0.39 is 0 Å². The standard InChI is InChI=1S/C22H36N4O/c1-19-5-3-6-20(17-19)18-26-11-7-21(8-12-26)22(27)23-9-4-10-25-15-13-24(2)14-16-25/h3,5-6,17,21H,4,7-16,18H2,1-2H3,(H,23,27). The highest BCUT2D eigenvalue weighted by Crippen LogP contribution is 2.19. The van der Waals surface area contributed by atoms with Gasteiger partial charge in [-0.25, -0.2) is 0 Å². The van der Waals surface area contributed by atoms with Gasteiger partial charge >= 0.3 is 0 Å². The number of hydrogen-bond acceptors (Lipinski definition) is 4. The fourth-order valence-electron chi connectivity index (χ4n) is 4.15. The Balaban J connectivity index is 1.29. The maximum Gasteiger partial charge on any atom is 0.223 e. The molecule has 1 aromatic carbocycles. The van der Waals surface area contributed by atoms with Crippen molar-refractivity contribution in [2.75, 3.05) is 59.4 Å². The number of piperazine rings is 1. The van der Waals surface area contributed by atoms with Gasteiger partial charge in [-0.15, -0.1) is 0 Å². The van der Waals surface area contributed by atoms with Crippen LogP contribution >= 0.6 is 0 Å². The maximum atomic E-state index is 12.5. The van der Waals surface area contributed by atoms with Gasteiger partial charge < -0.3 is 15.1 Å². The Morgan fingerprint density at radius 2 is 1.81 bits per heavy atom. The van der Waals surface area contributed by atoms with Crippen LogP contribution in [0, 0.1) is 12.8 Å². The second kappa shape index (κ2) is 10.2.